The zero-order chi connectivity index (χ0) is 22.4. The molecule has 160 valence electrons. The Morgan fingerprint density at radius 1 is 0.938 bits per heavy atom. The third-order valence-electron chi connectivity index (χ3n) is 4.79. The lowest BCUT2D eigenvalue weighted by molar-refractivity contribution is 0.411. The van der Waals surface area contributed by atoms with Crippen LogP contribution in [-0.4, -0.2) is 29.2 Å². The van der Waals surface area contributed by atoms with Gasteiger partial charge in [-0.1, -0.05) is 54.6 Å². The maximum Gasteiger partial charge on any atom is 0.264 e. The number of pyridine rings is 1. The fourth-order valence-electron chi connectivity index (χ4n) is 3.23. The highest BCUT2D eigenvalue weighted by atomic mass is 32.2. The molecule has 0 fully saturated rings. The molecule has 0 saturated carbocycles. The van der Waals surface area contributed by atoms with E-state index in [1.165, 1.54) is 4.31 Å². The van der Waals surface area contributed by atoms with Gasteiger partial charge in [-0.05, 0) is 23.8 Å². The molecule has 0 unspecified atom stereocenters. The number of nitriles is 1. The van der Waals surface area contributed by atoms with Crippen LogP contribution < -0.4 is 0 Å². The molecule has 8 heteroatoms. The third-order valence-corrected chi connectivity index (χ3v) is 6.55. The molecule has 0 atom stereocenters. The van der Waals surface area contributed by atoms with E-state index in [0.29, 0.717) is 16.7 Å². The van der Waals surface area contributed by atoms with Gasteiger partial charge in [0.15, 0.2) is 5.76 Å². The summed E-state index contributed by atoms with van der Waals surface area (Å²) in [5.74, 6) is 0.377. The first-order valence-corrected chi connectivity index (χ1v) is 11.4. The topological polar surface area (TPSA) is 100 Å². The first-order valence-electron chi connectivity index (χ1n) is 9.97. The van der Waals surface area contributed by atoms with E-state index in [0.717, 1.165) is 0 Å². The van der Waals surface area contributed by atoms with E-state index in [1.54, 1.807) is 60.9 Å². The second kappa shape index (κ2) is 9.56. The van der Waals surface area contributed by atoms with E-state index in [-0.39, 0.29) is 36.2 Å². The zero-order valence-electron chi connectivity index (χ0n) is 17.1. The van der Waals surface area contributed by atoms with Crippen molar-refractivity contribution < 1.29 is 12.8 Å². The lowest BCUT2D eigenvalue weighted by Gasteiger charge is -2.20. The van der Waals surface area contributed by atoms with Gasteiger partial charge in [-0.2, -0.15) is 14.6 Å². The highest BCUT2D eigenvalue weighted by molar-refractivity contribution is 7.89. The summed E-state index contributed by atoms with van der Waals surface area (Å²) in [6.07, 6.45) is 3.27. The van der Waals surface area contributed by atoms with Crippen molar-refractivity contribution in [1.29, 1.82) is 5.26 Å². The normalized spacial score (nSPS) is 11.4. The van der Waals surface area contributed by atoms with Gasteiger partial charge in [0.05, 0.1) is 6.07 Å². The van der Waals surface area contributed by atoms with Gasteiger partial charge >= 0.3 is 0 Å². The second-order valence-corrected chi connectivity index (χ2v) is 8.85. The van der Waals surface area contributed by atoms with E-state index in [2.05, 4.69) is 9.97 Å². The van der Waals surface area contributed by atoms with E-state index < -0.39 is 10.0 Å². The minimum atomic E-state index is -4.09. The maximum absolute atomic E-state index is 13.8. The van der Waals surface area contributed by atoms with Crippen LogP contribution in [0.25, 0.3) is 22.8 Å². The highest BCUT2D eigenvalue weighted by Crippen LogP contribution is 2.34. The van der Waals surface area contributed by atoms with E-state index in [1.807, 2.05) is 30.3 Å². The van der Waals surface area contributed by atoms with Crippen molar-refractivity contribution in [2.45, 2.75) is 18.0 Å². The summed E-state index contributed by atoms with van der Waals surface area (Å²) in [6.45, 7) is 0.0924. The Morgan fingerprint density at radius 3 is 2.25 bits per heavy atom. The highest BCUT2D eigenvalue weighted by Gasteiger charge is 2.33. The summed E-state index contributed by atoms with van der Waals surface area (Å²) in [7, 11) is -4.09. The quantitative estimate of drug-likeness (QED) is 0.396. The van der Waals surface area contributed by atoms with Crippen LogP contribution in [0.4, 0.5) is 0 Å². The molecule has 0 amide bonds. The van der Waals surface area contributed by atoms with Gasteiger partial charge in [0.2, 0.25) is 10.9 Å². The molecule has 4 rings (SSSR count). The van der Waals surface area contributed by atoms with Crippen molar-refractivity contribution in [3.05, 3.63) is 90.8 Å². The minimum absolute atomic E-state index is 0.0233. The van der Waals surface area contributed by atoms with Crippen LogP contribution in [0.5, 0.6) is 0 Å². The summed E-state index contributed by atoms with van der Waals surface area (Å²) >= 11 is 0. The van der Waals surface area contributed by atoms with Gasteiger partial charge in [-0.15, -0.1) is 0 Å². The van der Waals surface area contributed by atoms with E-state index in [4.69, 9.17) is 9.68 Å². The predicted molar refractivity (Wildman–Crippen MR) is 119 cm³/mol. The van der Waals surface area contributed by atoms with Crippen LogP contribution in [0.1, 0.15) is 12.0 Å². The Morgan fingerprint density at radius 2 is 1.62 bits per heavy atom. The molecular formula is C24H20N4O3S. The minimum Gasteiger partial charge on any atom is -0.435 e. The number of nitrogens with zero attached hydrogens (tertiary/aromatic N) is 4. The molecule has 0 aliphatic heterocycles. The molecule has 7 nitrogen and oxygen atoms in total. The van der Waals surface area contributed by atoms with Gasteiger partial charge < -0.3 is 4.42 Å². The molecule has 0 aliphatic rings. The summed E-state index contributed by atoms with van der Waals surface area (Å²) in [4.78, 5) is 8.47. The average molecular weight is 445 g/mol. The van der Waals surface area contributed by atoms with Crippen molar-refractivity contribution in [3.8, 4) is 28.8 Å². The van der Waals surface area contributed by atoms with Crippen LogP contribution >= 0.6 is 0 Å². The lowest BCUT2D eigenvalue weighted by atomic mass is 10.2. The second-order valence-electron chi connectivity index (χ2n) is 6.99. The molecule has 0 radical (unpaired) electrons. The van der Waals surface area contributed by atoms with Crippen LogP contribution in [0.15, 0.2) is 94.6 Å². The number of aromatic nitrogens is 2. The summed E-state index contributed by atoms with van der Waals surface area (Å²) in [6, 6.07) is 23.7. The van der Waals surface area contributed by atoms with Crippen molar-refractivity contribution in [3.63, 3.8) is 0 Å². The average Bonchev–Trinajstić information content (AvgIpc) is 3.30. The molecule has 0 saturated heterocycles. The maximum atomic E-state index is 13.8. The summed E-state index contributed by atoms with van der Waals surface area (Å²) in [5.41, 5.74) is 1.98. The summed E-state index contributed by atoms with van der Waals surface area (Å²) < 4.78 is 34.7. The Labute approximate surface area is 186 Å². The molecule has 2 aromatic carbocycles. The molecule has 0 N–H and O–H groups in total. The monoisotopic (exact) mass is 444 g/mol. The third kappa shape index (κ3) is 4.59. The van der Waals surface area contributed by atoms with Crippen LogP contribution in [0, 0.1) is 11.3 Å². The van der Waals surface area contributed by atoms with Crippen molar-refractivity contribution in [2.75, 3.05) is 6.54 Å². The first kappa shape index (κ1) is 21.4. The molecule has 0 aliphatic carbocycles. The Bertz CT molecular complexity index is 1320. The smallest absolute Gasteiger partial charge is 0.264 e. The Hall–Kier alpha value is -3.80. The molecule has 0 spiro atoms. The largest absolute Gasteiger partial charge is 0.435 e. The number of rotatable bonds is 8. The predicted octanol–water partition coefficient (Wildman–Crippen LogP) is 4.51. The van der Waals surface area contributed by atoms with Gasteiger partial charge in [-0.25, -0.2) is 8.42 Å². The number of oxazole rings is 1. The number of sulfonamides is 1. The van der Waals surface area contributed by atoms with Crippen LogP contribution in [-0.2, 0) is 16.6 Å². The number of hydrogen-bond acceptors (Lipinski definition) is 6. The van der Waals surface area contributed by atoms with Crippen LogP contribution in [0.2, 0.25) is 0 Å². The molecular weight excluding hydrogens is 424 g/mol. The van der Waals surface area contributed by atoms with E-state index >= 15 is 0 Å². The standard InChI is InChI=1S/C24H20N4O3S/c25-14-8-16-28(18-19-9-7-15-26-17-19)32(29,30)24-22(20-10-3-1-4-11-20)31-23(27-24)21-12-5-2-6-13-21/h1-7,9-13,15,17H,8,16,18H2. The SMILES string of the molecule is N#CCCN(Cc1cccnc1)S(=O)(=O)c1nc(-c2ccccc2)oc1-c1ccccc1. The van der Waals surface area contributed by atoms with Crippen molar-refractivity contribution in [2.24, 2.45) is 0 Å². The van der Waals surface area contributed by atoms with Gasteiger partial charge in [0.1, 0.15) is 0 Å². The fraction of sp³-hybridized carbons (Fsp3) is 0.125. The Kier molecular flexibility index (Phi) is 6.40. The molecule has 2 heterocycles. The molecule has 2 aromatic heterocycles. The number of benzene rings is 2. The molecule has 32 heavy (non-hydrogen) atoms. The lowest BCUT2D eigenvalue weighted by Crippen LogP contribution is -2.32. The number of hydrogen-bond donors (Lipinski definition) is 0. The van der Waals surface area contributed by atoms with Gasteiger partial charge in [0, 0.05) is 43.0 Å². The fourth-order valence-corrected chi connectivity index (χ4v) is 4.72. The van der Waals surface area contributed by atoms with Crippen molar-refractivity contribution >= 4 is 10.0 Å². The Balaban J connectivity index is 1.83. The molecule has 4 aromatic rings. The van der Waals surface area contributed by atoms with Crippen molar-refractivity contribution in [1.82, 2.24) is 14.3 Å². The van der Waals surface area contributed by atoms with Gasteiger partial charge in [-0.3, -0.25) is 4.98 Å². The van der Waals surface area contributed by atoms with Gasteiger partial charge in [0.25, 0.3) is 10.0 Å². The van der Waals surface area contributed by atoms with E-state index in [9.17, 15) is 8.42 Å². The van der Waals surface area contributed by atoms with Crippen LogP contribution in [0.3, 0.4) is 0 Å². The zero-order valence-corrected chi connectivity index (χ0v) is 17.9. The first-order chi connectivity index (χ1) is 15.6. The molecule has 0 bridgehead atoms. The summed E-state index contributed by atoms with van der Waals surface area (Å²) in [5, 5.41) is 8.91.